The molecule has 0 unspecified atom stereocenters. The van der Waals surface area contributed by atoms with Gasteiger partial charge in [-0.25, -0.2) is 5.43 Å². The molecule has 4 N–H and O–H groups in total. The Morgan fingerprint density at radius 2 is 1.84 bits per heavy atom. The van der Waals surface area contributed by atoms with E-state index in [1.807, 2.05) is 0 Å². The highest BCUT2D eigenvalue weighted by molar-refractivity contribution is 6.04. The van der Waals surface area contributed by atoms with Crippen LogP contribution in [0.2, 0.25) is 0 Å². The van der Waals surface area contributed by atoms with Crippen LogP contribution in [0.25, 0.3) is 0 Å². The first-order valence-corrected chi connectivity index (χ1v) is 7.78. The van der Waals surface area contributed by atoms with Gasteiger partial charge < -0.3 is 15.5 Å². The molecule has 2 amide bonds. The molecule has 2 aromatic carbocycles. The summed E-state index contributed by atoms with van der Waals surface area (Å²) < 4.78 is 0. The summed E-state index contributed by atoms with van der Waals surface area (Å²) >= 11 is 0. The Bertz CT molecular complexity index is 844. The third kappa shape index (κ3) is 3.95. The maximum atomic E-state index is 12.2. The fourth-order valence-electron chi connectivity index (χ4n) is 2.46. The van der Waals surface area contributed by atoms with Crippen LogP contribution in [0.15, 0.2) is 47.6 Å². The van der Waals surface area contributed by atoms with E-state index in [4.69, 9.17) is 0 Å². The number of hydrogen-bond donors (Lipinski definition) is 4. The minimum absolute atomic E-state index is 0.0972. The second-order valence-electron chi connectivity index (χ2n) is 5.68. The van der Waals surface area contributed by atoms with Gasteiger partial charge in [0.05, 0.1) is 5.71 Å². The summed E-state index contributed by atoms with van der Waals surface area (Å²) in [6.45, 7) is 0.229. The summed E-state index contributed by atoms with van der Waals surface area (Å²) in [6, 6.07) is 11.3. The quantitative estimate of drug-likeness (QED) is 0.635. The molecule has 2 aromatic rings. The van der Waals surface area contributed by atoms with E-state index in [-0.39, 0.29) is 29.9 Å². The van der Waals surface area contributed by atoms with Crippen LogP contribution in [0.5, 0.6) is 11.5 Å². The van der Waals surface area contributed by atoms with E-state index in [0.717, 1.165) is 11.3 Å². The fraction of sp³-hybridized carbons (Fsp3) is 0.167. The molecule has 7 heteroatoms. The Kier molecular flexibility index (Phi) is 4.65. The number of hydrazone groups is 1. The van der Waals surface area contributed by atoms with E-state index in [1.165, 1.54) is 12.1 Å². The smallest absolute Gasteiger partial charge is 0.251 e. The van der Waals surface area contributed by atoms with Crippen LogP contribution in [-0.2, 0) is 11.3 Å². The van der Waals surface area contributed by atoms with Crippen LogP contribution in [0.4, 0.5) is 0 Å². The molecule has 1 aliphatic heterocycles. The third-order valence-corrected chi connectivity index (χ3v) is 3.88. The molecule has 1 aliphatic rings. The molecule has 25 heavy (non-hydrogen) atoms. The van der Waals surface area contributed by atoms with Gasteiger partial charge >= 0.3 is 0 Å². The molecular formula is C18H17N3O4. The van der Waals surface area contributed by atoms with Crippen LogP contribution in [-0.4, -0.2) is 27.7 Å². The Hall–Kier alpha value is -3.35. The number of phenols is 2. The highest BCUT2D eigenvalue weighted by atomic mass is 16.3. The van der Waals surface area contributed by atoms with E-state index in [9.17, 15) is 19.8 Å². The average Bonchev–Trinajstić information content (AvgIpc) is 2.63. The number of carbonyl (C=O) groups is 2. The van der Waals surface area contributed by atoms with Crippen molar-refractivity contribution >= 4 is 17.5 Å². The van der Waals surface area contributed by atoms with Crippen LogP contribution >= 0.6 is 0 Å². The third-order valence-electron chi connectivity index (χ3n) is 3.88. The zero-order chi connectivity index (χ0) is 17.8. The van der Waals surface area contributed by atoms with Gasteiger partial charge in [0.2, 0.25) is 5.91 Å². The van der Waals surface area contributed by atoms with Gasteiger partial charge in [0.15, 0.2) is 11.5 Å². The number of carbonyl (C=O) groups excluding carboxylic acids is 2. The number of hydrogen-bond acceptors (Lipinski definition) is 5. The lowest BCUT2D eigenvalue weighted by Gasteiger charge is -2.12. The van der Waals surface area contributed by atoms with Crippen LogP contribution in [0.1, 0.15) is 34.3 Å². The summed E-state index contributed by atoms with van der Waals surface area (Å²) in [5.74, 6) is -0.776. The average molecular weight is 339 g/mol. The van der Waals surface area contributed by atoms with Gasteiger partial charge in [-0.3, -0.25) is 9.59 Å². The number of nitrogens with one attached hydrogen (secondary N) is 2. The zero-order valence-electron chi connectivity index (χ0n) is 13.3. The predicted molar refractivity (Wildman–Crippen MR) is 91.3 cm³/mol. The molecule has 0 aromatic heterocycles. The lowest BCUT2D eigenvalue weighted by Crippen LogP contribution is -2.26. The fourth-order valence-corrected chi connectivity index (χ4v) is 2.46. The molecule has 3 rings (SSSR count). The first kappa shape index (κ1) is 16.5. The SMILES string of the molecule is O=C1CCC(c2ccc(C(=O)NCc3ccc(O)c(O)c3)cc2)=NN1. The summed E-state index contributed by atoms with van der Waals surface area (Å²) in [5.41, 5.74) is 5.26. The normalized spacial score (nSPS) is 13.8. The Labute approximate surface area is 144 Å². The molecule has 0 saturated carbocycles. The number of nitrogens with zero attached hydrogens (tertiary/aromatic N) is 1. The number of aromatic hydroxyl groups is 2. The van der Waals surface area contributed by atoms with E-state index in [2.05, 4.69) is 15.8 Å². The van der Waals surface area contributed by atoms with Crippen molar-refractivity contribution in [1.29, 1.82) is 0 Å². The Balaban J connectivity index is 1.62. The molecule has 0 saturated heterocycles. The zero-order valence-corrected chi connectivity index (χ0v) is 13.3. The lowest BCUT2D eigenvalue weighted by atomic mass is 10.0. The number of amides is 2. The summed E-state index contributed by atoms with van der Waals surface area (Å²) in [7, 11) is 0. The van der Waals surface area contributed by atoms with Gasteiger partial charge in [-0.15, -0.1) is 0 Å². The highest BCUT2D eigenvalue weighted by Gasteiger charge is 2.14. The van der Waals surface area contributed by atoms with Crippen LogP contribution in [0.3, 0.4) is 0 Å². The topological polar surface area (TPSA) is 111 Å². The van der Waals surface area contributed by atoms with Crippen molar-refractivity contribution in [2.75, 3.05) is 0 Å². The van der Waals surface area contributed by atoms with Crippen molar-refractivity contribution in [3.8, 4) is 11.5 Å². The number of benzene rings is 2. The van der Waals surface area contributed by atoms with Crippen LogP contribution < -0.4 is 10.7 Å². The second kappa shape index (κ2) is 7.04. The van der Waals surface area contributed by atoms with Gasteiger partial charge in [-0.2, -0.15) is 5.10 Å². The molecular weight excluding hydrogens is 322 g/mol. The van der Waals surface area contributed by atoms with E-state index in [1.54, 1.807) is 30.3 Å². The van der Waals surface area contributed by atoms with Crippen molar-refractivity contribution in [2.24, 2.45) is 5.10 Å². The monoisotopic (exact) mass is 339 g/mol. The maximum Gasteiger partial charge on any atom is 0.251 e. The molecule has 0 radical (unpaired) electrons. The van der Waals surface area contributed by atoms with Gasteiger partial charge in [-0.05, 0) is 35.4 Å². The predicted octanol–water partition coefficient (Wildman–Crippen LogP) is 1.64. The summed E-state index contributed by atoms with van der Waals surface area (Å²) in [6.07, 6.45) is 0.974. The van der Waals surface area contributed by atoms with Crippen molar-refractivity contribution in [2.45, 2.75) is 19.4 Å². The summed E-state index contributed by atoms with van der Waals surface area (Å²) in [5, 5.41) is 25.5. The minimum atomic E-state index is -0.252. The van der Waals surface area contributed by atoms with E-state index < -0.39 is 0 Å². The summed E-state index contributed by atoms with van der Waals surface area (Å²) in [4.78, 5) is 23.3. The lowest BCUT2D eigenvalue weighted by molar-refractivity contribution is -0.121. The van der Waals surface area contributed by atoms with Crippen molar-refractivity contribution in [3.05, 3.63) is 59.2 Å². The van der Waals surface area contributed by atoms with Crippen molar-refractivity contribution in [1.82, 2.24) is 10.7 Å². The van der Waals surface area contributed by atoms with Gasteiger partial charge in [0.25, 0.3) is 5.91 Å². The number of phenolic OH excluding ortho intramolecular Hbond substituents is 2. The first-order valence-electron chi connectivity index (χ1n) is 7.78. The molecule has 0 atom stereocenters. The number of rotatable bonds is 4. The van der Waals surface area contributed by atoms with Gasteiger partial charge in [0.1, 0.15) is 0 Å². The van der Waals surface area contributed by atoms with E-state index in [0.29, 0.717) is 24.0 Å². The highest BCUT2D eigenvalue weighted by Crippen LogP contribution is 2.24. The van der Waals surface area contributed by atoms with Gasteiger partial charge in [-0.1, -0.05) is 18.2 Å². The molecule has 0 bridgehead atoms. The first-order chi connectivity index (χ1) is 12.0. The molecule has 0 fully saturated rings. The Morgan fingerprint density at radius 3 is 2.48 bits per heavy atom. The molecule has 1 heterocycles. The molecule has 0 aliphatic carbocycles. The molecule has 0 spiro atoms. The van der Waals surface area contributed by atoms with Gasteiger partial charge in [0, 0.05) is 24.9 Å². The standard InChI is InChI=1S/C18H17N3O4/c22-15-7-1-11(9-16(15)23)10-19-18(25)13-4-2-12(3-5-13)14-6-8-17(24)21-20-14/h1-5,7,9,22-23H,6,8,10H2,(H,19,25)(H,21,24). The van der Waals surface area contributed by atoms with Crippen LogP contribution in [0, 0.1) is 0 Å². The van der Waals surface area contributed by atoms with Crippen molar-refractivity contribution in [3.63, 3.8) is 0 Å². The molecule has 128 valence electrons. The maximum absolute atomic E-state index is 12.2. The largest absolute Gasteiger partial charge is 0.504 e. The molecule has 7 nitrogen and oxygen atoms in total. The second-order valence-corrected chi connectivity index (χ2v) is 5.68. The van der Waals surface area contributed by atoms with E-state index >= 15 is 0 Å². The Morgan fingerprint density at radius 1 is 1.08 bits per heavy atom. The van der Waals surface area contributed by atoms with Crippen molar-refractivity contribution < 1.29 is 19.8 Å². The minimum Gasteiger partial charge on any atom is -0.504 e.